The van der Waals surface area contributed by atoms with Crippen LogP contribution in [0, 0.1) is 13.8 Å². The van der Waals surface area contributed by atoms with Gasteiger partial charge in [-0.15, -0.1) is 0 Å². The van der Waals surface area contributed by atoms with E-state index in [0.717, 1.165) is 41.6 Å². The van der Waals surface area contributed by atoms with Crippen LogP contribution in [-0.4, -0.2) is 21.5 Å². The first-order valence-corrected chi connectivity index (χ1v) is 7.74. The van der Waals surface area contributed by atoms with Crippen molar-refractivity contribution >= 4 is 5.82 Å². The fraction of sp³-hybridized carbons (Fsp3) is 0.471. The number of hydrogen-bond donors (Lipinski definition) is 1. The van der Waals surface area contributed by atoms with E-state index in [2.05, 4.69) is 48.2 Å². The second-order valence-electron chi connectivity index (χ2n) is 5.88. The highest BCUT2D eigenvalue weighted by atomic mass is 15.0. The third-order valence-electron chi connectivity index (χ3n) is 3.72. The molecule has 110 valence electrons. The summed E-state index contributed by atoms with van der Waals surface area (Å²) in [6, 6.07) is 4.23. The third kappa shape index (κ3) is 3.20. The Labute approximate surface area is 126 Å². The molecule has 1 aliphatic carbocycles. The number of anilines is 1. The minimum atomic E-state index is 0.611. The lowest BCUT2D eigenvalue weighted by Gasteiger charge is -2.10. The summed E-state index contributed by atoms with van der Waals surface area (Å²) in [6.07, 6.45) is 5.45. The van der Waals surface area contributed by atoms with E-state index in [1.165, 1.54) is 18.4 Å². The van der Waals surface area contributed by atoms with Gasteiger partial charge in [0.05, 0.1) is 0 Å². The molecule has 0 spiro atoms. The van der Waals surface area contributed by atoms with Gasteiger partial charge in [0.25, 0.3) is 0 Å². The van der Waals surface area contributed by atoms with E-state index in [-0.39, 0.29) is 0 Å². The minimum Gasteiger partial charge on any atom is -0.370 e. The molecule has 0 aliphatic heterocycles. The second kappa shape index (κ2) is 5.80. The number of aromatic nitrogens is 3. The highest BCUT2D eigenvalue weighted by Crippen LogP contribution is 2.40. The van der Waals surface area contributed by atoms with Gasteiger partial charge in [-0.25, -0.2) is 9.97 Å². The monoisotopic (exact) mass is 282 g/mol. The SMILES string of the molecule is CCCNc1cc(C2CC2)nc(-c2ncc(C)cc2C)n1. The van der Waals surface area contributed by atoms with Gasteiger partial charge in [0, 0.05) is 30.4 Å². The molecule has 4 heteroatoms. The maximum atomic E-state index is 4.75. The molecule has 2 aromatic heterocycles. The molecular formula is C17H22N4. The molecule has 0 radical (unpaired) electrons. The number of pyridine rings is 1. The van der Waals surface area contributed by atoms with E-state index in [4.69, 9.17) is 4.98 Å². The van der Waals surface area contributed by atoms with Crippen molar-refractivity contribution in [1.29, 1.82) is 0 Å². The van der Waals surface area contributed by atoms with E-state index in [0.29, 0.717) is 5.92 Å². The molecule has 4 nitrogen and oxygen atoms in total. The van der Waals surface area contributed by atoms with E-state index in [1.807, 2.05) is 6.20 Å². The summed E-state index contributed by atoms with van der Waals surface area (Å²) in [7, 11) is 0. The van der Waals surface area contributed by atoms with Crippen LogP contribution in [0.2, 0.25) is 0 Å². The van der Waals surface area contributed by atoms with Crippen molar-refractivity contribution in [2.75, 3.05) is 11.9 Å². The van der Waals surface area contributed by atoms with Crippen LogP contribution in [0.5, 0.6) is 0 Å². The van der Waals surface area contributed by atoms with E-state index < -0.39 is 0 Å². The van der Waals surface area contributed by atoms with Crippen molar-refractivity contribution in [3.05, 3.63) is 35.2 Å². The third-order valence-corrected chi connectivity index (χ3v) is 3.72. The first kappa shape index (κ1) is 14.0. The first-order chi connectivity index (χ1) is 10.2. The maximum absolute atomic E-state index is 4.75. The average Bonchev–Trinajstić information content (AvgIpc) is 3.29. The predicted octanol–water partition coefficient (Wildman–Crippen LogP) is 3.85. The second-order valence-corrected chi connectivity index (χ2v) is 5.88. The topological polar surface area (TPSA) is 50.7 Å². The van der Waals surface area contributed by atoms with E-state index in [9.17, 15) is 0 Å². The Balaban J connectivity index is 2.01. The fourth-order valence-corrected chi connectivity index (χ4v) is 2.45. The number of nitrogens with one attached hydrogen (secondary N) is 1. The van der Waals surface area contributed by atoms with Crippen LogP contribution in [0.4, 0.5) is 5.82 Å². The molecule has 0 bridgehead atoms. The van der Waals surface area contributed by atoms with Crippen molar-refractivity contribution in [3.63, 3.8) is 0 Å². The molecule has 1 aliphatic rings. The van der Waals surface area contributed by atoms with Gasteiger partial charge in [0.2, 0.25) is 0 Å². The van der Waals surface area contributed by atoms with Gasteiger partial charge in [-0.2, -0.15) is 0 Å². The van der Waals surface area contributed by atoms with Gasteiger partial charge < -0.3 is 5.32 Å². The minimum absolute atomic E-state index is 0.611. The largest absolute Gasteiger partial charge is 0.370 e. The van der Waals surface area contributed by atoms with Gasteiger partial charge in [-0.3, -0.25) is 4.98 Å². The van der Waals surface area contributed by atoms with Crippen LogP contribution in [0.1, 0.15) is 48.9 Å². The maximum Gasteiger partial charge on any atom is 0.180 e. The molecule has 1 fully saturated rings. The highest BCUT2D eigenvalue weighted by molar-refractivity contribution is 5.58. The van der Waals surface area contributed by atoms with Crippen LogP contribution in [0.25, 0.3) is 11.5 Å². The fourth-order valence-electron chi connectivity index (χ4n) is 2.45. The quantitative estimate of drug-likeness (QED) is 0.905. The number of aryl methyl sites for hydroxylation is 2. The van der Waals surface area contributed by atoms with Crippen LogP contribution < -0.4 is 5.32 Å². The Hall–Kier alpha value is -1.97. The molecule has 0 atom stereocenters. The number of rotatable bonds is 5. The zero-order chi connectivity index (χ0) is 14.8. The Morgan fingerprint density at radius 1 is 1.19 bits per heavy atom. The van der Waals surface area contributed by atoms with E-state index >= 15 is 0 Å². The van der Waals surface area contributed by atoms with Crippen molar-refractivity contribution in [1.82, 2.24) is 15.0 Å². The van der Waals surface area contributed by atoms with Crippen molar-refractivity contribution in [3.8, 4) is 11.5 Å². The van der Waals surface area contributed by atoms with Gasteiger partial charge in [0.1, 0.15) is 11.5 Å². The van der Waals surface area contributed by atoms with Gasteiger partial charge >= 0.3 is 0 Å². The van der Waals surface area contributed by atoms with Gasteiger partial charge in [-0.1, -0.05) is 13.0 Å². The Kier molecular flexibility index (Phi) is 3.86. The van der Waals surface area contributed by atoms with Crippen LogP contribution >= 0.6 is 0 Å². The highest BCUT2D eigenvalue weighted by Gasteiger charge is 2.26. The summed E-state index contributed by atoms with van der Waals surface area (Å²) in [4.78, 5) is 13.9. The molecule has 1 N–H and O–H groups in total. The van der Waals surface area contributed by atoms with Crippen LogP contribution in [0.3, 0.4) is 0 Å². The molecule has 0 unspecified atom stereocenters. The molecule has 0 saturated heterocycles. The molecule has 2 aromatic rings. The van der Waals surface area contributed by atoms with Crippen molar-refractivity contribution in [2.24, 2.45) is 0 Å². The smallest absolute Gasteiger partial charge is 0.180 e. The summed E-state index contributed by atoms with van der Waals surface area (Å²) in [5.41, 5.74) is 4.34. The zero-order valence-electron chi connectivity index (χ0n) is 13.0. The Morgan fingerprint density at radius 3 is 2.67 bits per heavy atom. The summed E-state index contributed by atoms with van der Waals surface area (Å²) >= 11 is 0. The lowest BCUT2D eigenvalue weighted by molar-refractivity contribution is 0.944. The molecule has 1 saturated carbocycles. The molecule has 2 heterocycles. The van der Waals surface area contributed by atoms with Crippen LogP contribution in [0.15, 0.2) is 18.3 Å². The van der Waals surface area contributed by atoms with Gasteiger partial charge in [-0.05, 0) is 44.2 Å². The lowest BCUT2D eigenvalue weighted by Crippen LogP contribution is -2.06. The molecule has 0 aromatic carbocycles. The van der Waals surface area contributed by atoms with Crippen molar-refractivity contribution < 1.29 is 0 Å². The number of hydrogen-bond acceptors (Lipinski definition) is 4. The predicted molar refractivity (Wildman–Crippen MR) is 85.5 cm³/mol. The molecule has 21 heavy (non-hydrogen) atoms. The standard InChI is InChI=1S/C17H22N4/c1-4-7-18-15-9-14(13-5-6-13)20-17(21-15)16-12(3)8-11(2)10-19-16/h8-10,13H,4-7H2,1-3H3,(H,18,20,21). The summed E-state index contributed by atoms with van der Waals surface area (Å²) in [5, 5.41) is 3.38. The zero-order valence-corrected chi connectivity index (χ0v) is 13.0. The first-order valence-electron chi connectivity index (χ1n) is 7.74. The molecule has 3 rings (SSSR count). The number of nitrogens with zero attached hydrogens (tertiary/aromatic N) is 3. The van der Waals surface area contributed by atoms with E-state index in [1.54, 1.807) is 0 Å². The molecular weight excluding hydrogens is 260 g/mol. The Morgan fingerprint density at radius 2 is 2.00 bits per heavy atom. The summed E-state index contributed by atoms with van der Waals surface area (Å²) in [5.74, 6) is 2.28. The molecule has 0 amide bonds. The Bertz CT molecular complexity index is 647. The van der Waals surface area contributed by atoms with Crippen LogP contribution in [-0.2, 0) is 0 Å². The van der Waals surface area contributed by atoms with Crippen molar-refractivity contribution in [2.45, 2.75) is 46.0 Å². The summed E-state index contributed by atoms with van der Waals surface area (Å²) < 4.78 is 0. The average molecular weight is 282 g/mol. The lowest BCUT2D eigenvalue weighted by atomic mass is 10.1. The van der Waals surface area contributed by atoms with Gasteiger partial charge in [0.15, 0.2) is 5.82 Å². The normalized spacial score (nSPS) is 14.2. The summed E-state index contributed by atoms with van der Waals surface area (Å²) in [6.45, 7) is 7.21.